The Morgan fingerprint density at radius 1 is 0.810 bits per heavy atom. The van der Waals surface area contributed by atoms with E-state index in [9.17, 15) is 9.90 Å². The quantitative estimate of drug-likeness (QED) is 0.113. The SMILES string of the molecule is COc1cc(Nc2nc3ccccc3nc2NSc2cccc(NC(=O)CNCc3cccc(O)c3)c2)cc(OC)c1. The first-order chi connectivity index (χ1) is 20.5. The smallest absolute Gasteiger partial charge is 0.238 e. The standard InChI is InChI=1S/C31H30N6O4S/c1-40-24-14-22(15-25(17-24)41-2)34-30-31(36-28-12-4-3-11-27(28)35-30)37-42-26-10-6-8-21(16-26)33-29(39)19-32-18-20-7-5-9-23(38)13-20/h3-17,32,38H,18-19H2,1-2H3,(H,33,39)(H,34,35)(H,36,37). The van der Waals surface area contributed by atoms with Gasteiger partial charge >= 0.3 is 0 Å². The van der Waals surface area contributed by atoms with E-state index in [0.717, 1.165) is 27.2 Å². The molecule has 0 saturated heterocycles. The molecule has 5 aromatic rings. The summed E-state index contributed by atoms with van der Waals surface area (Å²) < 4.78 is 14.1. The molecule has 0 unspecified atom stereocenters. The maximum atomic E-state index is 12.5. The largest absolute Gasteiger partial charge is 0.508 e. The van der Waals surface area contributed by atoms with Crippen LogP contribution in [0.4, 0.5) is 23.0 Å². The molecule has 0 atom stereocenters. The van der Waals surface area contributed by atoms with E-state index in [1.165, 1.54) is 11.9 Å². The number of rotatable bonds is 12. The lowest BCUT2D eigenvalue weighted by Gasteiger charge is -2.15. The van der Waals surface area contributed by atoms with Crippen molar-refractivity contribution in [2.24, 2.45) is 0 Å². The molecule has 0 saturated carbocycles. The van der Waals surface area contributed by atoms with Crippen LogP contribution < -0.4 is 30.1 Å². The van der Waals surface area contributed by atoms with Gasteiger partial charge in [-0.1, -0.05) is 30.3 Å². The van der Waals surface area contributed by atoms with E-state index in [0.29, 0.717) is 35.4 Å². The van der Waals surface area contributed by atoms with Gasteiger partial charge in [0.05, 0.1) is 31.8 Å². The summed E-state index contributed by atoms with van der Waals surface area (Å²) in [7, 11) is 3.20. The monoisotopic (exact) mass is 582 g/mol. The third-order valence-corrected chi connectivity index (χ3v) is 6.88. The number of carbonyl (C=O) groups excluding carboxylic acids is 1. The number of aromatic nitrogens is 2. The molecule has 0 spiro atoms. The minimum Gasteiger partial charge on any atom is -0.508 e. The summed E-state index contributed by atoms with van der Waals surface area (Å²) in [6.07, 6.45) is 0. The Balaban J connectivity index is 1.26. The van der Waals surface area contributed by atoms with Crippen molar-refractivity contribution in [1.82, 2.24) is 15.3 Å². The van der Waals surface area contributed by atoms with Crippen LogP contribution in [-0.2, 0) is 11.3 Å². The lowest BCUT2D eigenvalue weighted by Crippen LogP contribution is -2.27. The summed E-state index contributed by atoms with van der Waals surface area (Å²) >= 11 is 1.35. The molecule has 0 aliphatic heterocycles. The van der Waals surface area contributed by atoms with Gasteiger partial charge in [0.2, 0.25) is 5.91 Å². The fraction of sp³-hybridized carbons (Fsp3) is 0.129. The van der Waals surface area contributed by atoms with Crippen molar-refractivity contribution in [3.8, 4) is 17.2 Å². The van der Waals surface area contributed by atoms with Crippen LogP contribution in [0.5, 0.6) is 17.2 Å². The third-order valence-electron chi connectivity index (χ3n) is 6.09. The molecule has 5 rings (SSSR count). The summed E-state index contributed by atoms with van der Waals surface area (Å²) in [6.45, 7) is 0.593. The van der Waals surface area contributed by atoms with E-state index < -0.39 is 0 Å². The second-order valence-corrected chi connectivity index (χ2v) is 10.1. The van der Waals surface area contributed by atoms with Gasteiger partial charge in [0.25, 0.3) is 0 Å². The third kappa shape index (κ3) is 7.59. The predicted octanol–water partition coefficient (Wildman–Crippen LogP) is 5.94. The molecular weight excluding hydrogens is 552 g/mol. The predicted molar refractivity (Wildman–Crippen MR) is 167 cm³/mol. The van der Waals surface area contributed by atoms with Crippen molar-refractivity contribution in [1.29, 1.82) is 0 Å². The second-order valence-electron chi connectivity index (χ2n) is 9.19. The first-order valence-corrected chi connectivity index (χ1v) is 13.9. The number of benzene rings is 4. The minimum absolute atomic E-state index is 0.127. The molecule has 0 radical (unpaired) electrons. The van der Waals surface area contributed by atoms with Crippen molar-refractivity contribution in [3.05, 3.63) is 96.6 Å². The Morgan fingerprint density at radius 2 is 1.52 bits per heavy atom. The molecular formula is C31H30N6O4S. The van der Waals surface area contributed by atoms with Gasteiger partial charge in [0.15, 0.2) is 11.6 Å². The number of nitrogens with zero attached hydrogens (tertiary/aromatic N) is 2. The molecule has 42 heavy (non-hydrogen) atoms. The Kier molecular flexibility index (Phi) is 9.22. The zero-order chi connectivity index (χ0) is 29.3. The summed E-state index contributed by atoms with van der Waals surface area (Å²) in [5.74, 6) is 2.36. The van der Waals surface area contributed by atoms with E-state index in [1.54, 1.807) is 38.5 Å². The fourth-order valence-corrected chi connectivity index (χ4v) is 4.80. The van der Waals surface area contributed by atoms with Gasteiger partial charge in [-0.15, -0.1) is 0 Å². The summed E-state index contributed by atoms with van der Waals surface area (Å²) in [5, 5.41) is 18.9. The number of hydrogen-bond donors (Lipinski definition) is 5. The number of amides is 1. The molecule has 1 aromatic heterocycles. The van der Waals surface area contributed by atoms with Gasteiger partial charge in [0, 0.05) is 41.0 Å². The van der Waals surface area contributed by atoms with Gasteiger partial charge in [0.1, 0.15) is 17.2 Å². The van der Waals surface area contributed by atoms with Gasteiger partial charge in [-0.05, 0) is 60.0 Å². The van der Waals surface area contributed by atoms with Crippen LogP contribution in [0, 0.1) is 0 Å². The Labute approximate surface area is 247 Å². The molecule has 214 valence electrons. The number of fused-ring (bicyclic) bond motifs is 1. The topological polar surface area (TPSA) is 130 Å². The molecule has 0 bridgehead atoms. The van der Waals surface area contributed by atoms with E-state index >= 15 is 0 Å². The number of anilines is 4. The number of phenolic OH excluding ortho intramolecular Hbond substituents is 1. The highest BCUT2D eigenvalue weighted by molar-refractivity contribution is 8.00. The highest BCUT2D eigenvalue weighted by atomic mass is 32.2. The number of para-hydroxylation sites is 2. The number of methoxy groups -OCH3 is 2. The lowest BCUT2D eigenvalue weighted by atomic mass is 10.2. The number of phenols is 1. The van der Waals surface area contributed by atoms with Crippen molar-refractivity contribution >= 4 is 51.9 Å². The number of ether oxygens (including phenoxy) is 2. The maximum absolute atomic E-state index is 12.5. The van der Waals surface area contributed by atoms with E-state index in [1.807, 2.05) is 66.7 Å². The normalized spacial score (nSPS) is 10.7. The van der Waals surface area contributed by atoms with E-state index in [-0.39, 0.29) is 18.2 Å². The van der Waals surface area contributed by atoms with Crippen LogP contribution in [0.1, 0.15) is 5.56 Å². The number of carbonyl (C=O) groups is 1. The first kappa shape index (κ1) is 28.5. The highest BCUT2D eigenvalue weighted by Crippen LogP contribution is 2.32. The fourth-order valence-electron chi connectivity index (χ4n) is 4.11. The zero-order valence-electron chi connectivity index (χ0n) is 23.0. The lowest BCUT2D eigenvalue weighted by molar-refractivity contribution is -0.115. The van der Waals surface area contributed by atoms with Crippen molar-refractivity contribution in [2.45, 2.75) is 11.4 Å². The van der Waals surface area contributed by atoms with Gasteiger partial charge < -0.3 is 35.3 Å². The van der Waals surface area contributed by atoms with Crippen molar-refractivity contribution in [2.75, 3.05) is 36.1 Å². The summed E-state index contributed by atoms with van der Waals surface area (Å²) in [6, 6.07) is 27.6. The molecule has 1 heterocycles. The van der Waals surface area contributed by atoms with Crippen LogP contribution >= 0.6 is 11.9 Å². The average molecular weight is 583 g/mol. The molecule has 5 N–H and O–H groups in total. The molecule has 0 fully saturated rings. The van der Waals surface area contributed by atoms with Gasteiger partial charge in [-0.25, -0.2) is 9.97 Å². The number of hydrogen-bond acceptors (Lipinski definition) is 10. The van der Waals surface area contributed by atoms with Crippen molar-refractivity contribution in [3.63, 3.8) is 0 Å². The zero-order valence-corrected chi connectivity index (χ0v) is 23.9. The number of aromatic hydroxyl groups is 1. The molecule has 0 aliphatic carbocycles. The molecule has 11 heteroatoms. The second kappa shape index (κ2) is 13.6. The Morgan fingerprint density at radius 3 is 2.24 bits per heavy atom. The average Bonchev–Trinajstić information content (AvgIpc) is 3.00. The van der Waals surface area contributed by atoms with E-state index in [2.05, 4.69) is 20.7 Å². The first-order valence-electron chi connectivity index (χ1n) is 13.1. The minimum atomic E-state index is -0.175. The van der Waals surface area contributed by atoms with Crippen molar-refractivity contribution < 1.29 is 19.4 Å². The van der Waals surface area contributed by atoms with Gasteiger partial charge in [-0.2, -0.15) is 0 Å². The maximum Gasteiger partial charge on any atom is 0.238 e. The number of nitrogens with one attached hydrogen (secondary N) is 4. The summed E-state index contributed by atoms with van der Waals surface area (Å²) in [4.78, 5) is 23.0. The molecule has 1 amide bonds. The van der Waals surface area contributed by atoms with E-state index in [4.69, 9.17) is 19.4 Å². The Hall–Kier alpha value is -5.00. The molecule has 10 nitrogen and oxygen atoms in total. The van der Waals surface area contributed by atoms with Gasteiger partial charge in [-0.3, -0.25) is 4.79 Å². The van der Waals surface area contributed by atoms with Crippen LogP contribution in [0.3, 0.4) is 0 Å². The van der Waals surface area contributed by atoms with Crippen LogP contribution in [0.25, 0.3) is 11.0 Å². The van der Waals surface area contributed by atoms with Crippen LogP contribution in [0.2, 0.25) is 0 Å². The van der Waals surface area contributed by atoms with Crippen LogP contribution in [0.15, 0.2) is 95.9 Å². The Bertz CT molecular complexity index is 1680. The highest BCUT2D eigenvalue weighted by Gasteiger charge is 2.12. The van der Waals surface area contributed by atoms with Crippen LogP contribution in [-0.4, -0.2) is 41.7 Å². The summed E-state index contributed by atoms with van der Waals surface area (Å²) in [5.41, 5.74) is 3.77. The molecule has 0 aliphatic rings. The molecule has 4 aromatic carbocycles.